The second kappa shape index (κ2) is 11.6. The third-order valence-corrected chi connectivity index (χ3v) is 6.41. The normalized spacial score (nSPS) is 16.8. The van der Waals surface area contributed by atoms with E-state index < -0.39 is 17.2 Å². The van der Waals surface area contributed by atoms with Gasteiger partial charge < -0.3 is 18.9 Å². The highest BCUT2D eigenvalue weighted by Crippen LogP contribution is 2.39. The number of unbranched alkanes of at least 4 members (excludes halogenated alkanes) is 2. The fourth-order valence-corrected chi connectivity index (χ4v) is 4.56. The van der Waals surface area contributed by atoms with Crippen molar-refractivity contribution in [2.75, 3.05) is 16.2 Å². The number of hydrogen-bond acceptors (Lipinski definition) is 10. The van der Waals surface area contributed by atoms with Gasteiger partial charge in [0.25, 0.3) is 5.13 Å². The average Bonchev–Trinajstić information content (AvgIpc) is 3.22. The lowest BCUT2D eigenvalue weighted by molar-refractivity contribution is 0.0376. The molecule has 180 valence electrons. The molecule has 0 radical (unpaired) electrons. The summed E-state index contributed by atoms with van der Waals surface area (Å²) >= 11 is -1.56. The van der Waals surface area contributed by atoms with E-state index in [0.717, 1.165) is 61.2 Å². The molecule has 12 heteroatoms. The molecule has 0 spiro atoms. The molecule has 1 aliphatic heterocycles. The molecule has 0 saturated heterocycles. The van der Waals surface area contributed by atoms with Crippen LogP contribution >= 0.6 is 11.3 Å². The van der Waals surface area contributed by atoms with Crippen LogP contribution in [0.25, 0.3) is 0 Å². The van der Waals surface area contributed by atoms with Crippen molar-refractivity contribution in [1.82, 2.24) is 10.2 Å². The zero-order valence-electron chi connectivity index (χ0n) is 19.2. The molecule has 0 bridgehead atoms. The molecule has 0 aliphatic carbocycles. The molecule has 3 rings (SSSR count). The molecule has 1 N–H and O–H groups in total. The fraction of sp³-hybridized carbons (Fsp3) is 0.571. The van der Waals surface area contributed by atoms with Crippen LogP contribution < -0.4 is 9.62 Å². The van der Waals surface area contributed by atoms with Gasteiger partial charge in [0.15, 0.2) is 0 Å². The Morgan fingerprint density at radius 3 is 2.85 bits per heavy atom. The van der Waals surface area contributed by atoms with Gasteiger partial charge in [0.1, 0.15) is 5.69 Å². The number of benzene rings is 1. The largest absolute Gasteiger partial charge is 0.755 e. The monoisotopic (exact) mass is 493 g/mol. The Bertz CT molecular complexity index is 1030. The first-order valence-electron chi connectivity index (χ1n) is 11.0. The van der Waals surface area contributed by atoms with Gasteiger partial charge in [-0.3, -0.25) is 4.21 Å². The standard InChI is InChI=1S/C21H30N6O4S2/c1-5-6-7-10-27-14(4)8-9-15-11-16(17(12-18(15)27)26-33(29)30)22-24-21-25-23-19(32-21)20(28)31-13(2)3/h11-14,26H,5-10H2,1-4H3,(H,29,30)/p-1. The number of azo groups is 1. The summed E-state index contributed by atoms with van der Waals surface area (Å²) in [5, 5.41) is 16.2. The van der Waals surface area contributed by atoms with E-state index in [9.17, 15) is 13.6 Å². The maximum atomic E-state index is 12.0. The number of carbonyl (C=O) groups is 1. The number of aryl methyl sites for hydroxylation is 1. The maximum Gasteiger partial charge on any atom is 0.369 e. The van der Waals surface area contributed by atoms with Crippen LogP contribution in [0.1, 0.15) is 68.7 Å². The van der Waals surface area contributed by atoms with Crippen molar-refractivity contribution in [2.45, 2.75) is 71.9 Å². The second-order valence-corrected chi connectivity index (χ2v) is 9.80. The summed E-state index contributed by atoms with van der Waals surface area (Å²) in [6.07, 6.45) is 4.97. The minimum absolute atomic E-state index is 0.0822. The summed E-state index contributed by atoms with van der Waals surface area (Å²) in [6, 6.07) is 4.06. The van der Waals surface area contributed by atoms with Gasteiger partial charge in [-0.25, -0.2) is 4.79 Å². The first-order chi connectivity index (χ1) is 15.8. The van der Waals surface area contributed by atoms with Crippen LogP contribution in [0.2, 0.25) is 0 Å². The Kier molecular flexibility index (Phi) is 8.87. The third kappa shape index (κ3) is 6.78. The molecule has 2 unspecified atom stereocenters. The van der Waals surface area contributed by atoms with E-state index in [-0.39, 0.29) is 16.2 Å². The first-order valence-corrected chi connectivity index (χ1v) is 12.9. The number of anilines is 2. The predicted octanol–water partition coefficient (Wildman–Crippen LogP) is 5.06. The molecule has 0 fully saturated rings. The number of aromatic nitrogens is 2. The van der Waals surface area contributed by atoms with E-state index in [4.69, 9.17) is 4.74 Å². The SMILES string of the molecule is CCCCCN1c2cc(NS(=O)[O-])c(N=Nc3nnc(C(=O)OC(C)C)s3)cc2CCC1C. The Morgan fingerprint density at radius 2 is 2.15 bits per heavy atom. The van der Waals surface area contributed by atoms with Crippen LogP contribution in [-0.2, 0) is 22.4 Å². The maximum absolute atomic E-state index is 12.0. The van der Waals surface area contributed by atoms with Crippen LogP contribution in [0.5, 0.6) is 0 Å². The molecule has 2 heterocycles. The average molecular weight is 494 g/mol. The van der Waals surface area contributed by atoms with Crippen molar-refractivity contribution in [1.29, 1.82) is 0 Å². The minimum atomic E-state index is -2.52. The van der Waals surface area contributed by atoms with Crippen LogP contribution in [0.4, 0.5) is 22.2 Å². The molecule has 1 aliphatic rings. The number of nitrogens with zero attached hydrogens (tertiary/aromatic N) is 5. The lowest BCUT2D eigenvalue weighted by atomic mass is 9.95. The van der Waals surface area contributed by atoms with Crippen molar-refractivity contribution in [2.24, 2.45) is 10.2 Å². The van der Waals surface area contributed by atoms with Crippen molar-refractivity contribution in [3.05, 3.63) is 22.7 Å². The van der Waals surface area contributed by atoms with Gasteiger partial charge >= 0.3 is 5.97 Å². The van der Waals surface area contributed by atoms with Crippen molar-refractivity contribution in [3.63, 3.8) is 0 Å². The van der Waals surface area contributed by atoms with E-state index >= 15 is 0 Å². The number of nitrogens with one attached hydrogen (secondary N) is 1. The van der Waals surface area contributed by atoms with Gasteiger partial charge in [0.2, 0.25) is 5.01 Å². The summed E-state index contributed by atoms with van der Waals surface area (Å²) < 4.78 is 30.4. The Balaban J connectivity index is 1.88. The van der Waals surface area contributed by atoms with E-state index in [0.29, 0.717) is 17.4 Å². The Hall–Kier alpha value is -2.44. The molecule has 33 heavy (non-hydrogen) atoms. The zero-order valence-corrected chi connectivity index (χ0v) is 20.9. The van der Waals surface area contributed by atoms with Gasteiger partial charge in [-0.1, -0.05) is 31.1 Å². The topological polar surface area (TPSA) is 132 Å². The summed E-state index contributed by atoms with van der Waals surface area (Å²) in [6.45, 7) is 8.78. The van der Waals surface area contributed by atoms with Gasteiger partial charge in [0.05, 0.1) is 11.8 Å². The van der Waals surface area contributed by atoms with Gasteiger partial charge in [-0.05, 0) is 57.7 Å². The van der Waals surface area contributed by atoms with Crippen molar-refractivity contribution in [3.8, 4) is 0 Å². The summed E-state index contributed by atoms with van der Waals surface area (Å²) in [5.41, 5.74) is 2.83. The molecule has 1 aromatic carbocycles. The second-order valence-electron chi connectivity index (χ2n) is 8.17. The highest BCUT2D eigenvalue weighted by molar-refractivity contribution is 7.80. The zero-order chi connectivity index (χ0) is 24.0. The van der Waals surface area contributed by atoms with Crippen molar-refractivity contribution < 1.29 is 18.3 Å². The van der Waals surface area contributed by atoms with Gasteiger partial charge in [-0.15, -0.1) is 20.4 Å². The van der Waals surface area contributed by atoms with Crippen LogP contribution in [0.3, 0.4) is 0 Å². The first kappa shape index (κ1) is 25.2. The molecule has 1 aromatic heterocycles. The Labute approximate surface area is 200 Å². The number of hydrogen-bond donors (Lipinski definition) is 1. The van der Waals surface area contributed by atoms with Gasteiger partial charge in [-0.2, -0.15) is 0 Å². The van der Waals surface area contributed by atoms with E-state index in [1.807, 2.05) is 12.1 Å². The number of rotatable bonds is 10. The van der Waals surface area contributed by atoms with Gasteiger partial charge in [0, 0.05) is 29.5 Å². The third-order valence-electron chi connectivity index (χ3n) is 5.24. The molecule has 0 saturated carbocycles. The number of esters is 1. The number of ether oxygens (including phenoxy) is 1. The lowest BCUT2D eigenvalue weighted by Gasteiger charge is -2.38. The molecular weight excluding hydrogens is 464 g/mol. The highest BCUT2D eigenvalue weighted by Gasteiger charge is 2.24. The summed E-state index contributed by atoms with van der Waals surface area (Å²) in [4.78, 5) is 14.3. The van der Waals surface area contributed by atoms with E-state index in [1.54, 1.807) is 13.8 Å². The number of carbonyl (C=O) groups excluding carboxylic acids is 1. The summed E-state index contributed by atoms with van der Waals surface area (Å²) in [5.74, 6) is -0.570. The quantitative estimate of drug-likeness (QED) is 0.212. The smallest absolute Gasteiger partial charge is 0.369 e. The van der Waals surface area contributed by atoms with E-state index in [2.05, 4.69) is 43.9 Å². The molecule has 0 amide bonds. The van der Waals surface area contributed by atoms with Crippen molar-refractivity contribution >= 4 is 50.8 Å². The van der Waals surface area contributed by atoms with Crippen LogP contribution in [0, 0.1) is 0 Å². The lowest BCUT2D eigenvalue weighted by Crippen LogP contribution is -2.38. The van der Waals surface area contributed by atoms with Crippen LogP contribution in [0.15, 0.2) is 22.4 Å². The fourth-order valence-electron chi connectivity index (χ4n) is 3.67. The molecule has 2 aromatic rings. The molecule has 10 nitrogen and oxygen atoms in total. The van der Waals surface area contributed by atoms with E-state index in [1.165, 1.54) is 0 Å². The van der Waals surface area contributed by atoms with Crippen LogP contribution in [-0.4, -0.2) is 43.6 Å². The number of fused-ring (bicyclic) bond motifs is 1. The highest BCUT2D eigenvalue weighted by atomic mass is 32.2. The predicted molar refractivity (Wildman–Crippen MR) is 128 cm³/mol. The molecular formula is C21H29N6O4S2-. The Morgan fingerprint density at radius 1 is 1.36 bits per heavy atom. The molecule has 2 atom stereocenters. The minimum Gasteiger partial charge on any atom is -0.755 e. The summed E-state index contributed by atoms with van der Waals surface area (Å²) in [7, 11) is 0.